The van der Waals surface area contributed by atoms with Gasteiger partial charge in [-0.05, 0) is 6.92 Å². The van der Waals surface area contributed by atoms with Crippen molar-refractivity contribution in [1.29, 1.82) is 0 Å². The summed E-state index contributed by atoms with van der Waals surface area (Å²) in [6.45, 7) is 1.28. The number of alkyl halides is 4. The molecule has 0 saturated heterocycles. The third-order valence-electron chi connectivity index (χ3n) is 2.40. The number of aromatic nitrogens is 1. The number of halogens is 4. The summed E-state index contributed by atoms with van der Waals surface area (Å²) in [7, 11) is 1.52. The molecule has 1 rings (SSSR count). The highest BCUT2D eigenvalue weighted by atomic mass is 79.9. The lowest BCUT2D eigenvalue weighted by atomic mass is 10.2. The van der Waals surface area contributed by atoms with Crippen molar-refractivity contribution < 1.29 is 17.9 Å². The second-order valence-electron chi connectivity index (χ2n) is 4.15. The Morgan fingerprint density at radius 3 is 2.58 bits per heavy atom. The maximum atomic E-state index is 12.5. The van der Waals surface area contributed by atoms with Gasteiger partial charge in [0.25, 0.3) is 0 Å². The fourth-order valence-corrected chi connectivity index (χ4v) is 2.22. The van der Waals surface area contributed by atoms with Crippen molar-refractivity contribution in [3.63, 3.8) is 0 Å². The predicted molar refractivity (Wildman–Crippen MR) is 70.7 cm³/mol. The number of pyridine rings is 1. The summed E-state index contributed by atoms with van der Waals surface area (Å²) in [4.78, 5) is 5.53. The molecule has 0 spiro atoms. The van der Waals surface area contributed by atoms with Gasteiger partial charge in [-0.3, -0.25) is 9.88 Å². The van der Waals surface area contributed by atoms with E-state index >= 15 is 0 Å². The third kappa shape index (κ3) is 6.24. The maximum Gasteiger partial charge on any atom is 0.401 e. The Hall–Kier alpha value is -0.820. The molecular weight excluding hydrogens is 325 g/mol. The molecule has 7 heteroatoms. The van der Waals surface area contributed by atoms with E-state index in [1.165, 1.54) is 12.0 Å². The van der Waals surface area contributed by atoms with Gasteiger partial charge in [0.15, 0.2) is 0 Å². The predicted octanol–water partition coefficient (Wildman–Crippen LogP) is 3.16. The van der Waals surface area contributed by atoms with Crippen LogP contribution >= 0.6 is 15.9 Å². The van der Waals surface area contributed by atoms with Crippen molar-refractivity contribution in [3.8, 4) is 5.75 Å². The van der Waals surface area contributed by atoms with Crippen molar-refractivity contribution in [2.45, 2.75) is 19.6 Å². The summed E-state index contributed by atoms with van der Waals surface area (Å²) in [6, 6.07) is 3.40. The zero-order chi connectivity index (χ0) is 14.5. The largest absolute Gasteiger partial charge is 0.497 e. The quantitative estimate of drug-likeness (QED) is 0.744. The molecule has 0 aliphatic rings. The molecule has 0 amide bonds. The van der Waals surface area contributed by atoms with Gasteiger partial charge in [-0.25, -0.2) is 0 Å². The van der Waals surface area contributed by atoms with E-state index in [-0.39, 0.29) is 6.54 Å². The number of nitrogens with zero attached hydrogens (tertiary/aromatic N) is 2. The summed E-state index contributed by atoms with van der Waals surface area (Å²) in [5.74, 6) is 0.605. The second kappa shape index (κ2) is 7.09. The van der Waals surface area contributed by atoms with Gasteiger partial charge in [0.2, 0.25) is 0 Å². The Morgan fingerprint density at radius 1 is 1.37 bits per heavy atom. The van der Waals surface area contributed by atoms with Crippen LogP contribution in [0.25, 0.3) is 0 Å². The highest BCUT2D eigenvalue weighted by molar-refractivity contribution is 9.09. The van der Waals surface area contributed by atoms with Crippen LogP contribution in [0.4, 0.5) is 13.2 Å². The molecule has 108 valence electrons. The lowest BCUT2D eigenvalue weighted by Crippen LogP contribution is -2.35. The molecule has 19 heavy (non-hydrogen) atoms. The number of hydrogen-bond donors (Lipinski definition) is 0. The number of ether oxygens (including phenoxy) is 1. The maximum absolute atomic E-state index is 12.5. The van der Waals surface area contributed by atoms with Crippen LogP contribution in [0.2, 0.25) is 0 Å². The van der Waals surface area contributed by atoms with E-state index in [0.29, 0.717) is 23.3 Å². The van der Waals surface area contributed by atoms with E-state index in [0.717, 1.165) is 5.69 Å². The van der Waals surface area contributed by atoms with E-state index < -0.39 is 12.7 Å². The molecule has 0 radical (unpaired) electrons. The van der Waals surface area contributed by atoms with Gasteiger partial charge < -0.3 is 4.74 Å². The zero-order valence-corrected chi connectivity index (χ0v) is 12.4. The van der Waals surface area contributed by atoms with E-state index in [9.17, 15) is 13.2 Å². The van der Waals surface area contributed by atoms with Gasteiger partial charge in [-0.2, -0.15) is 13.2 Å². The van der Waals surface area contributed by atoms with Crippen molar-refractivity contribution in [3.05, 3.63) is 23.5 Å². The fraction of sp³-hybridized carbons (Fsp3) is 0.583. The first kappa shape index (κ1) is 16.2. The molecule has 0 atom stereocenters. The Bertz CT molecular complexity index is 412. The lowest BCUT2D eigenvalue weighted by Gasteiger charge is -2.22. The molecule has 0 aromatic carbocycles. The Labute approximate surface area is 118 Å². The third-order valence-corrected chi connectivity index (χ3v) is 2.76. The molecule has 0 saturated carbocycles. The van der Waals surface area contributed by atoms with Crippen molar-refractivity contribution in [2.24, 2.45) is 0 Å². The highest BCUT2D eigenvalue weighted by Gasteiger charge is 2.30. The van der Waals surface area contributed by atoms with Crippen LogP contribution in [0.15, 0.2) is 12.1 Å². The van der Waals surface area contributed by atoms with Crippen LogP contribution in [-0.2, 0) is 6.54 Å². The minimum atomic E-state index is -4.21. The van der Waals surface area contributed by atoms with Crippen molar-refractivity contribution in [1.82, 2.24) is 9.88 Å². The average molecular weight is 341 g/mol. The van der Waals surface area contributed by atoms with Gasteiger partial charge >= 0.3 is 6.18 Å². The summed E-state index contributed by atoms with van der Waals surface area (Å²) in [5.41, 5.74) is 1.29. The smallest absolute Gasteiger partial charge is 0.401 e. The molecule has 3 nitrogen and oxygen atoms in total. The summed E-state index contributed by atoms with van der Waals surface area (Å²) in [5, 5.41) is 0.478. The Kier molecular flexibility index (Phi) is 6.06. The van der Waals surface area contributed by atoms with Crippen molar-refractivity contribution >= 4 is 15.9 Å². The Morgan fingerprint density at radius 2 is 2.05 bits per heavy atom. The summed E-state index contributed by atoms with van der Waals surface area (Å²) >= 11 is 3.16. The number of hydrogen-bond acceptors (Lipinski definition) is 3. The number of aryl methyl sites for hydroxylation is 1. The van der Waals surface area contributed by atoms with Crippen molar-refractivity contribution in [2.75, 3.05) is 25.5 Å². The van der Waals surface area contributed by atoms with Crippen LogP contribution in [0, 0.1) is 6.92 Å². The summed E-state index contributed by atoms with van der Waals surface area (Å²) in [6.07, 6.45) is -4.21. The van der Waals surface area contributed by atoms with Gasteiger partial charge in [-0.1, -0.05) is 15.9 Å². The fourth-order valence-electron chi connectivity index (χ4n) is 1.72. The molecule has 0 aliphatic carbocycles. The molecule has 0 aliphatic heterocycles. The highest BCUT2D eigenvalue weighted by Crippen LogP contribution is 2.19. The van der Waals surface area contributed by atoms with E-state index in [1.807, 2.05) is 0 Å². The number of methoxy groups -OCH3 is 1. The van der Waals surface area contributed by atoms with Gasteiger partial charge in [0.1, 0.15) is 5.75 Å². The monoisotopic (exact) mass is 340 g/mol. The van der Waals surface area contributed by atoms with Crippen LogP contribution < -0.4 is 4.74 Å². The summed E-state index contributed by atoms with van der Waals surface area (Å²) < 4.78 is 42.5. The average Bonchev–Trinajstić information content (AvgIpc) is 2.26. The minimum Gasteiger partial charge on any atom is -0.497 e. The zero-order valence-electron chi connectivity index (χ0n) is 10.8. The lowest BCUT2D eigenvalue weighted by molar-refractivity contribution is -0.146. The molecule has 1 heterocycles. The first-order valence-electron chi connectivity index (χ1n) is 5.70. The normalized spacial score (nSPS) is 11.9. The van der Waals surface area contributed by atoms with Crippen LogP contribution in [0.3, 0.4) is 0 Å². The van der Waals surface area contributed by atoms with Crippen LogP contribution in [0.5, 0.6) is 5.75 Å². The SMILES string of the molecule is COc1cc(C)nc(CN(CCBr)CC(F)(F)F)c1. The molecule has 0 N–H and O–H groups in total. The van der Waals surface area contributed by atoms with Gasteiger partial charge in [-0.15, -0.1) is 0 Å². The van der Waals surface area contributed by atoms with Gasteiger partial charge in [0.05, 0.1) is 19.3 Å². The topological polar surface area (TPSA) is 25.4 Å². The Balaban J connectivity index is 2.80. The molecule has 1 aromatic rings. The molecule has 0 bridgehead atoms. The van der Waals surface area contributed by atoms with E-state index in [4.69, 9.17) is 4.74 Å². The minimum absolute atomic E-state index is 0.142. The van der Waals surface area contributed by atoms with E-state index in [1.54, 1.807) is 19.1 Å². The van der Waals surface area contributed by atoms with Gasteiger partial charge in [0, 0.05) is 36.2 Å². The second-order valence-corrected chi connectivity index (χ2v) is 4.95. The molecule has 1 aromatic heterocycles. The standard InChI is InChI=1S/C12H16BrF3N2O/c1-9-5-11(19-2)6-10(17-9)7-18(4-3-13)8-12(14,15)16/h5-6H,3-4,7-8H2,1-2H3. The molecular formula is C12H16BrF3N2O. The first-order chi connectivity index (χ1) is 8.84. The molecule has 0 fully saturated rings. The van der Waals surface area contributed by atoms with Crippen LogP contribution in [-0.4, -0.2) is 41.6 Å². The molecule has 0 unspecified atom stereocenters. The first-order valence-corrected chi connectivity index (χ1v) is 6.83. The van der Waals surface area contributed by atoms with E-state index in [2.05, 4.69) is 20.9 Å². The number of rotatable bonds is 6. The van der Waals surface area contributed by atoms with Crippen LogP contribution in [0.1, 0.15) is 11.4 Å².